The molecule has 4 nitrogen and oxygen atoms in total. The highest BCUT2D eigenvalue weighted by Gasteiger charge is 2.20. The van der Waals surface area contributed by atoms with Crippen LogP contribution in [0.3, 0.4) is 0 Å². The highest BCUT2D eigenvalue weighted by atomic mass is 16.2. The van der Waals surface area contributed by atoms with Gasteiger partial charge < -0.3 is 10.6 Å². The third-order valence-corrected chi connectivity index (χ3v) is 2.81. The molecular weight excluding hydrogens is 202 g/mol. The molecule has 16 heavy (non-hydrogen) atoms. The average molecular weight is 219 g/mol. The summed E-state index contributed by atoms with van der Waals surface area (Å²) in [5.41, 5.74) is 0.916. The van der Waals surface area contributed by atoms with E-state index in [9.17, 15) is 4.79 Å². The number of piperidine rings is 1. The molecule has 2 heterocycles. The number of aromatic nitrogens is 1. The van der Waals surface area contributed by atoms with E-state index in [0.717, 1.165) is 31.6 Å². The standard InChI is InChI=1S/C12H17N3O/c1-9-4-2-6-11(14-9)15-12(16)10-5-3-7-13-8-10/h2,4,6,10,13H,3,5,7-8H2,1H3,(H,14,15,16). The summed E-state index contributed by atoms with van der Waals surface area (Å²) >= 11 is 0. The van der Waals surface area contributed by atoms with Crippen molar-refractivity contribution in [1.29, 1.82) is 0 Å². The highest BCUT2D eigenvalue weighted by molar-refractivity contribution is 5.91. The lowest BCUT2D eigenvalue weighted by molar-refractivity contribution is -0.120. The van der Waals surface area contributed by atoms with Gasteiger partial charge >= 0.3 is 0 Å². The molecule has 1 fully saturated rings. The molecule has 1 atom stereocenters. The van der Waals surface area contributed by atoms with E-state index in [-0.39, 0.29) is 11.8 Å². The van der Waals surface area contributed by atoms with E-state index in [2.05, 4.69) is 15.6 Å². The van der Waals surface area contributed by atoms with Crippen LogP contribution in [0, 0.1) is 12.8 Å². The molecule has 1 aliphatic heterocycles. The summed E-state index contributed by atoms with van der Waals surface area (Å²) < 4.78 is 0. The van der Waals surface area contributed by atoms with Crippen LogP contribution < -0.4 is 10.6 Å². The Morgan fingerprint density at radius 2 is 2.44 bits per heavy atom. The molecule has 1 aromatic heterocycles. The van der Waals surface area contributed by atoms with Crippen molar-refractivity contribution in [3.05, 3.63) is 23.9 Å². The molecule has 2 N–H and O–H groups in total. The van der Waals surface area contributed by atoms with Gasteiger partial charge in [0.05, 0.1) is 5.92 Å². The summed E-state index contributed by atoms with van der Waals surface area (Å²) in [6, 6.07) is 5.63. The van der Waals surface area contributed by atoms with Crippen molar-refractivity contribution in [2.24, 2.45) is 5.92 Å². The molecule has 0 aliphatic carbocycles. The van der Waals surface area contributed by atoms with E-state index in [1.807, 2.05) is 25.1 Å². The third kappa shape index (κ3) is 2.79. The van der Waals surface area contributed by atoms with Gasteiger partial charge in [-0.25, -0.2) is 4.98 Å². The van der Waals surface area contributed by atoms with Gasteiger partial charge in [0.25, 0.3) is 0 Å². The molecule has 86 valence electrons. The number of nitrogens with one attached hydrogen (secondary N) is 2. The molecule has 2 rings (SSSR count). The fourth-order valence-corrected chi connectivity index (χ4v) is 1.92. The van der Waals surface area contributed by atoms with Crippen molar-refractivity contribution in [3.63, 3.8) is 0 Å². The molecule has 0 saturated carbocycles. The minimum absolute atomic E-state index is 0.0744. The van der Waals surface area contributed by atoms with E-state index in [1.54, 1.807) is 0 Å². The number of anilines is 1. The molecule has 0 radical (unpaired) electrons. The molecule has 0 bridgehead atoms. The molecule has 0 aromatic carbocycles. The lowest BCUT2D eigenvalue weighted by atomic mass is 9.99. The van der Waals surface area contributed by atoms with E-state index in [4.69, 9.17) is 0 Å². The van der Waals surface area contributed by atoms with E-state index in [0.29, 0.717) is 5.82 Å². The molecule has 1 aromatic rings. The van der Waals surface area contributed by atoms with Crippen LogP contribution in [0.1, 0.15) is 18.5 Å². The summed E-state index contributed by atoms with van der Waals surface area (Å²) in [6.07, 6.45) is 2.03. The predicted octanol–water partition coefficient (Wildman–Crippen LogP) is 1.33. The number of aryl methyl sites for hydroxylation is 1. The predicted molar refractivity (Wildman–Crippen MR) is 63.2 cm³/mol. The zero-order chi connectivity index (χ0) is 11.4. The number of hydrogen-bond acceptors (Lipinski definition) is 3. The van der Waals surface area contributed by atoms with Gasteiger partial charge in [0.2, 0.25) is 5.91 Å². The van der Waals surface area contributed by atoms with Crippen molar-refractivity contribution in [3.8, 4) is 0 Å². The second kappa shape index (κ2) is 5.07. The summed E-state index contributed by atoms with van der Waals surface area (Å²) in [5.74, 6) is 0.803. The van der Waals surface area contributed by atoms with Crippen LogP contribution in [0.4, 0.5) is 5.82 Å². The monoisotopic (exact) mass is 219 g/mol. The number of carbonyl (C=O) groups is 1. The van der Waals surface area contributed by atoms with Crippen molar-refractivity contribution in [1.82, 2.24) is 10.3 Å². The fraction of sp³-hybridized carbons (Fsp3) is 0.500. The first-order chi connectivity index (χ1) is 7.75. The Balaban J connectivity index is 1.96. The normalized spacial score (nSPS) is 20.4. The first kappa shape index (κ1) is 11.1. The van der Waals surface area contributed by atoms with Gasteiger partial charge in [-0.3, -0.25) is 4.79 Å². The molecular formula is C12H17N3O. The van der Waals surface area contributed by atoms with Crippen LogP contribution >= 0.6 is 0 Å². The summed E-state index contributed by atoms with van der Waals surface area (Å²) in [6.45, 7) is 3.71. The maximum absolute atomic E-state index is 11.9. The Bertz CT molecular complexity index is 372. The minimum atomic E-state index is 0.0744. The Morgan fingerprint density at radius 1 is 1.56 bits per heavy atom. The lowest BCUT2D eigenvalue weighted by Crippen LogP contribution is -2.37. The number of pyridine rings is 1. The fourth-order valence-electron chi connectivity index (χ4n) is 1.92. The number of hydrogen-bond donors (Lipinski definition) is 2. The Hall–Kier alpha value is -1.42. The first-order valence-corrected chi connectivity index (χ1v) is 5.71. The summed E-state index contributed by atoms with van der Waals surface area (Å²) in [5, 5.41) is 6.09. The number of amides is 1. The molecule has 4 heteroatoms. The van der Waals surface area contributed by atoms with Gasteiger partial charge in [-0.05, 0) is 38.4 Å². The summed E-state index contributed by atoms with van der Waals surface area (Å²) in [4.78, 5) is 16.1. The maximum atomic E-state index is 11.9. The van der Waals surface area contributed by atoms with E-state index in [1.165, 1.54) is 0 Å². The zero-order valence-electron chi connectivity index (χ0n) is 9.49. The van der Waals surface area contributed by atoms with Gasteiger partial charge in [-0.15, -0.1) is 0 Å². The number of nitrogens with zero attached hydrogens (tertiary/aromatic N) is 1. The van der Waals surface area contributed by atoms with Gasteiger partial charge in [0, 0.05) is 12.2 Å². The van der Waals surface area contributed by atoms with Crippen molar-refractivity contribution in [2.75, 3.05) is 18.4 Å². The van der Waals surface area contributed by atoms with Crippen LogP contribution in [0.2, 0.25) is 0 Å². The van der Waals surface area contributed by atoms with Crippen LogP contribution in [0.5, 0.6) is 0 Å². The quantitative estimate of drug-likeness (QED) is 0.789. The molecule has 1 aliphatic rings. The van der Waals surface area contributed by atoms with Crippen molar-refractivity contribution >= 4 is 11.7 Å². The SMILES string of the molecule is Cc1cccc(NC(=O)C2CCCNC2)n1. The van der Waals surface area contributed by atoms with Gasteiger partial charge in [0.1, 0.15) is 5.82 Å². The molecule has 1 unspecified atom stereocenters. The van der Waals surface area contributed by atoms with Crippen LogP contribution in [-0.2, 0) is 4.79 Å². The summed E-state index contributed by atoms with van der Waals surface area (Å²) in [7, 11) is 0. The molecule has 1 saturated heterocycles. The van der Waals surface area contributed by atoms with Crippen LogP contribution in [0.25, 0.3) is 0 Å². The molecule has 1 amide bonds. The lowest BCUT2D eigenvalue weighted by Gasteiger charge is -2.21. The Labute approximate surface area is 95.5 Å². The van der Waals surface area contributed by atoms with E-state index < -0.39 is 0 Å². The van der Waals surface area contributed by atoms with Gasteiger partial charge in [-0.1, -0.05) is 6.07 Å². The van der Waals surface area contributed by atoms with Crippen molar-refractivity contribution < 1.29 is 4.79 Å². The Kier molecular flexibility index (Phi) is 3.51. The van der Waals surface area contributed by atoms with E-state index >= 15 is 0 Å². The number of rotatable bonds is 2. The average Bonchev–Trinajstić information content (AvgIpc) is 2.30. The maximum Gasteiger partial charge on any atom is 0.229 e. The Morgan fingerprint density at radius 3 is 3.12 bits per heavy atom. The van der Waals surface area contributed by atoms with Gasteiger partial charge in [0.15, 0.2) is 0 Å². The molecule has 0 spiro atoms. The smallest absolute Gasteiger partial charge is 0.229 e. The number of carbonyl (C=O) groups excluding carboxylic acids is 1. The van der Waals surface area contributed by atoms with Crippen LogP contribution in [0.15, 0.2) is 18.2 Å². The largest absolute Gasteiger partial charge is 0.316 e. The van der Waals surface area contributed by atoms with Crippen LogP contribution in [-0.4, -0.2) is 24.0 Å². The first-order valence-electron chi connectivity index (χ1n) is 5.71. The second-order valence-electron chi connectivity index (χ2n) is 4.20. The third-order valence-electron chi connectivity index (χ3n) is 2.81. The topological polar surface area (TPSA) is 54.0 Å². The zero-order valence-corrected chi connectivity index (χ0v) is 9.49. The van der Waals surface area contributed by atoms with Crippen molar-refractivity contribution in [2.45, 2.75) is 19.8 Å². The minimum Gasteiger partial charge on any atom is -0.316 e. The highest BCUT2D eigenvalue weighted by Crippen LogP contribution is 2.13. The van der Waals surface area contributed by atoms with Gasteiger partial charge in [-0.2, -0.15) is 0 Å². The second-order valence-corrected chi connectivity index (χ2v) is 4.20.